The fourth-order valence-corrected chi connectivity index (χ4v) is 3.21. The average Bonchev–Trinajstić information content (AvgIpc) is 2.53. The Balaban J connectivity index is 1.77. The molecule has 0 saturated carbocycles. The minimum Gasteiger partial charge on any atom is -0.383 e. The second-order valence-corrected chi connectivity index (χ2v) is 6.14. The van der Waals surface area contributed by atoms with Gasteiger partial charge < -0.3 is 10.4 Å². The first-order valence-corrected chi connectivity index (χ1v) is 7.89. The lowest BCUT2D eigenvalue weighted by atomic mass is 9.79. The summed E-state index contributed by atoms with van der Waals surface area (Å²) in [5.74, 6) is 0.387. The number of rotatable bonds is 3. The van der Waals surface area contributed by atoms with E-state index in [1.165, 1.54) is 6.20 Å². The number of carbonyl (C=O) groups excluding carboxylic acids is 1. The lowest BCUT2D eigenvalue weighted by Gasteiger charge is -2.34. The number of aromatic nitrogens is 2. The van der Waals surface area contributed by atoms with Gasteiger partial charge in [-0.2, -0.15) is 0 Å². The standard InChI is InChI=1S/C18H21N3O2/c1-12-15(10-19-13(2)21-12)17(22)20-11-18(23)9-5-7-14-6-3-4-8-16(14)18/h3-4,6,8,10,23H,5,7,9,11H2,1-2H3,(H,20,22). The van der Waals surface area contributed by atoms with Crippen molar-refractivity contribution in [3.05, 3.63) is 58.7 Å². The number of carbonyl (C=O) groups is 1. The van der Waals surface area contributed by atoms with Gasteiger partial charge in [-0.15, -0.1) is 0 Å². The third kappa shape index (κ3) is 3.10. The van der Waals surface area contributed by atoms with Crippen LogP contribution in [0.25, 0.3) is 0 Å². The van der Waals surface area contributed by atoms with Crippen molar-refractivity contribution in [2.24, 2.45) is 0 Å². The second-order valence-electron chi connectivity index (χ2n) is 6.14. The molecule has 0 spiro atoms. The second kappa shape index (κ2) is 6.08. The zero-order chi connectivity index (χ0) is 16.4. The van der Waals surface area contributed by atoms with E-state index in [9.17, 15) is 9.90 Å². The number of nitrogens with zero attached hydrogens (tertiary/aromatic N) is 2. The molecule has 0 bridgehead atoms. The van der Waals surface area contributed by atoms with Crippen LogP contribution in [0.15, 0.2) is 30.5 Å². The van der Waals surface area contributed by atoms with Gasteiger partial charge in [0.05, 0.1) is 17.8 Å². The van der Waals surface area contributed by atoms with Gasteiger partial charge in [-0.1, -0.05) is 24.3 Å². The normalized spacial score (nSPS) is 20.0. The van der Waals surface area contributed by atoms with Gasteiger partial charge in [0.25, 0.3) is 5.91 Å². The molecule has 2 aromatic rings. The van der Waals surface area contributed by atoms with Gasteiger partial charge in [0.2, 0.25) is 0 Å². The Bertz CT molecular complexity index is 745. The van der Waals surface area contributed by atoms with Crippen molar-refractivity contribution in [1.29, 1.82) is 0 Å². The number of amides is 1. The van der Waals surface area contributed by atoms with Crippen LogP contribution in [0.3, 0.4) is 0 Å². The Hall–Kier alpha value is -2.27. The van der Waals surface area contributed by atoms with Gasteiger partial charge >= 0.3 is 0 Å². The maximum Gasteiger partial charge on any atom is 0.254 e. The highest BCUT2D eigenvalue weighted by atomic mass is 16.3. The number of hydrogen-bond acceptors (Lipinski definition) is 4. The maximum atomic E-state index is 12.4. The van der Waals surface area contributed by atoms with Crippen molar-refractivity contribution in [2.45, 2.75) is 38.7 Å². The van der Waals surface area contributed by atoms with Crippen LogP contribution in [0.1, 0.15) is 45.8 Å². The van der Waals surface area contributed by atoms with E-state index in [2.05, 4.69) is 15.3 Å². The number of fused-ring (bicyclic) bond motifs is 1. The van der Waals surface area contributed by atoms with Crippen molar-refractivity contribution in [1.82, 2.24) is 15.3 Å². The molecule has 1 unspecified atom stereocenters. The summed E-state index contributed by atoms with van der Waals surface area (Å²) in [6.45, 7) is 3.76. The molecule has 0 radical (unpaired) electrons. The molecule has 0 saturated heterocycles. The Morgan fingerprint density at radius 2 is 2.13 bits per heavy atom. The molecule has 1 amide bonds. The summed E-state index contributed by atoms with van der Waals surface area (Å²) >= 11 is 0. The largest absolute Gasteiger partial charge is 0.383 e. The minimum absolute atomic E-state index is 0.191. The molecular formula is C18H21N3O2. The topological polar surface area (TPSA) is 75.1 Å². The third-order valence-electron chi connectivity index (χ3n) is 4.44. The molecule has 5 nitrogen and oxygen atoms in total. The van der Waals surface area contributed by atoms with Crippen molar-refractivity contribution < 1.29 is 9.90 Å². The molecule has 5 heteroatoms. The number of benzene rings is 1. The summed E-state index contributed by atoms with van der Waals surface area (Å²) in [6.07, 6.45) is 4.06. The van der Waals surface area contributed by atoms with Gasteiger partial charge in [0.15, 0.2) is 0 Å². The molecule has 1 atom stereocenters. The number of aliphatic hydroxyl groups is 1. The van der Waals surface area contributed by atoms with E-state index in [0.717, 1.165) is 24.0 Å². The molecule has 3 rings (SSSR count). The van der Waals surface area contributed by atoms with Crippen LogP contribution in [0, 0.1) is 13.8 Å². The quantitative estimate of drug-likeness (QED) is 0.909. The first-order chi connectivity index (χ1) is 11.0. The highest BCUT2D eigenvalue weighted by Gasteiger charge is 2.34. The molecule has 1 aromatic heterocycles. The highest BCUT2D eigenvalue weighted by molar-refractivity contribution is 5.94. The van der Waals surface area contributed by atoms with Gasteiger partial charge in [-0.25, -0.2) is 9.97 Å². The molecule has 2 N–H and O–H groups in total. The van der Waals surface area contributed by atoms with E-state index in [1.54, 1.807) is 13.8 Å². The van der Waals surface area contributed by atoms with E-state index in [4.69, 9.17) is 0 Å². The van der Waals surface area contributed by atoms with E-state index < -0.39 is 5.60 Å². The number of nitrogens with one attached hydrogen (secondary N) is 1. The summed E-state index contributed by atoms with van der Waals surface area (Å²) < 4.78 is 0. The van der Waals surface area contributed by atoms with Crippen molar-refractivity contribution >= 4 is 5.91 Å². The van der Waals surface area contributed by atoms with Gasteiger partial charge in [0, 0.05) is 6.20 Å². The van der Waals surface area contributed by atoms with Gasteiger partial charge in [0.1, 0.15) is 11.4 Å². The van der Waals surface area contributed by atoms with Crippen LogP contribution >= 0.6 is 0 Å². The number of hydrogen-bond donors (Lipinski definition) is 2. The van der Waals surface area contributed by atoms with Crippen LogP contribution in [0.4, 0.5) is 0 Å². The Morgan fingerprint density at radius 1 is 1.35 bits per heavy atom. The Kier molecular flexibility index (Phi) is 4.13. The van der Waals surface area contributed by atoms with E-state index >= 15 is 0 Å². The van der Waals surface area contributed by atoms with E-state index in [0.29, 0.717) is 23.5 Å². The minimum atomic E-state index is -1.01. The smallest absolute Gasteiger partial charge is 0.254 e. The van der Waals surface area contributed by atoms with Crippen LogP contribution in [-0.2, 0) is 12.0 Å². The lowest BCUT2D eigenvalue weighted by Crippen LogP contribution is -2.43. The monoisotopic (exact) mass is 311 g/mol. The van der Waals surface area contributed by atoms with Crippen molar-refractivity contribution in [2.75, 3.05) is 6.54 Å². The lowest BCUT2D eigenvalue weighted by molar-refractivity contribution is 0.0189. The van der Waals surface area contributed by atoms with Crippen LogP contribution < -0.4 is 5.32 Å². The third-order valence-corrected chi connectivity index (χ3v) is 4.44. The summed E-state index contributed by atoms with van der Waals surface area (Å²) in [5.41, 5.74) is 2.16. The molecule has 1 aliphatic rings. The molecule has 23 heavy (non-hydrogen) atoms. The molecule has 0 fully saturated rings. The first-order valence-electron chi connectivity index (χ1n) is 7.89. The first kappa shape index (κ1) is 15.6. The molecule has 1 aromatic carbocycles. The fraction of sp³-hybridized carbons (Fsp3) is 0.389. The highest BCUT2D eigenvalue weighted by Crippen LogP contribution is 2.34. The van der Waals surface area contributed by atoms with Crippen molar-refractivity contribution in [3.63, 3.8) is 0 Å². The summed E-state index contributed by atoms with van der Waals surface area (Å²) in [4.78, 5) is 20.7. The van der Waals surface area contributed by atoms with Gasteiger partial charge in [-0.3, -0.25) is 4.79 Å². The number of aryl methyl sites for hydroxylation is 3. The maximum absolute atomic E-state index is 12.4. The summed E-state index contributed by atoms with van der Waals surface area (Å²) in [6, 6.07) is 7.89. The molecular weight excluding hydrogens is 290 g/mol. The SMILES string of the molecule is Cc1ncc(C(=O)NCC2(O)CCCc3ccccc32)c(C)n1. The van der Waals surface area contributed by atoms with Crippen LogP contribution in [0.5, 0.6) is 0 Å². The summed E-state index contributed by atoms with van der Waals surface area (Å²) in [7, 11) is 0. The van der Waals surface area contributed by atoms with E-state index in [-0.39, 0.29) is 12.5 Å². The Morgan fingerprint density at radius 3 is 2.91 bits per heavy atom. The predicted octanol–water partition coefficient (Wildman–Crippen LogP) is 2.05. The zero-order valence-electron chi connectivity index (χ0n) is 13.5. The average molecular weight is 311 g/mol. The summed E-state index contributed by atoms with van der Waals surface area (Å²) in [5, 5.41) is 13.8. The zero-order valence-corrected chi connectivity index (χ0v) is 13.5. The molecule has 0 aliphatic heterocycles. The van der Waals surface area contributed by atoms with Crippen LogP contribution in [0.2, 0.25) is 0 Å². The van der Waals surface area contributed by atoms with E-state index in [1.807, 2.05) is 24.3 Å². The van der Waals surface area contributed by atoms with Crippen molar-refractivity contribution in [3.8, 4) is 0 Å². The Labute approximate surface area is 135 Å². The molecule has 120 valence electrons. The van der Waals surface area contributed by atoms with Crippen LogP contribution in [-0.4, -0.2) is 27.5 Å². The fourth-order valence-electron chi connectivity index (χ4n) is 3.21. The van der Waals surface area contributed by atoms with Gasteiger partial charge in [-0.05, 0) is 44.2 Å². The molecule has 1 heterocycles. The molecule has 1 aliphatic carbocycles. The predicted molar refractivity (Wildman–Crippen MR) is 87.1 cm³/mol.